The Kier molecular flexibility index (Phi) is 10.3. The molecule has 2 fully saturated rings. The van der Waals surface area contributed by atoms with Gasteiger partial charge in [0.05, 0.1) is 39.8 Å². The van der Waals surface area contributed by atoms with E-state index in [1.54, 1.807) is 33.7 Å². The summed E-state index contributed by atoms with van der Waals surface area (Å²) in [5.74, 6) is -0.0275. The molecule has 0 spiro atoms. The summed E-state index contributed by atoms with van der Waals surface area (Å²) < 4.78 is 0. The minimum Gasteiger partial charge on any atom is -0.315 e. The van der Waals surface area contributed by atoms with Gasteiger partial charge in [-0.25, -0.2) is 9.59 Å². The van der Waals surface area contributed by atoms with Gasteiger partial charge in [-0.1, -0.05) is 60.7 Å². The maximum atomic E-state index is 12.7. The van der Waals surface area contributed by atoms with E-state index in [-0.39, 0.29) is 36.7 Å². The molecule has 0 aliphatic carbocycles. The molecule has 2 aromatic rings. The molecular weight excluding hydrogens is 508 g/mol. The van der Waals surface area contributed by atoms with Crippen molar-refractivity contribution >= 4 is 23.6 Å². The second-order valence-electron chi connectivity index (χ2n) is 10.8. The SMILES string of the molecule is CN1CN(Cc2ccccc2)CN(CC(=O)CCCCC(=O)CN2CN(Cc3ccccc3)CN(C)C2=O)C1=O. The van der Waals surface area contributed by atoms with Crippen molar-refractivity contribution in [1.29, 1.82) is 0 Å². The first-order valence-corrected chi connectivity index (χ1v) is 13.8. The molecule has 2 saturated heterocycles. The predicted octanol–water partition coefficient (Wildman–Crippen LogP) is 3.25. The highest BCUT2D eigenvalue weighted by molar-refractivity contribution is 5.86. The van der Waals surface area contributed by atoms with Gasteiger partial charge in [-0.2, -0.15) is 0 Å². The zero-order valence-corrected chi connectivity index (χ0v) is 23.6. The third-order valence-corrected chi connectivity index (χ3v) is 7.15. The Morgan fingerprint density at radius 2 is 0.975 bits per heavy atom. The lowest BCUT2D eigenvalue weighted by atomic mass is 10.1. The molecule has 2 aliphatic rings. The standard InChI is InChI=1S/C30H40N6O4/c1-31-21-33(17-25-11-5-3-6-12-25)23-35(29(31)39)19-27(37)15-9-10-16-28(38)20-36-24-34(22-32(2)30(36)40)18-26-13-7-4-8-14-26/h3-8,11-14H,9-10,15-24H2,1-2H3. The second kappa shape index (κ2) is 14.0. The molecule has 0 N–H and O–H groups in total. The zero-order valence-electron chi connectivity index (χ0n) is 23.6. The summed E-state index contributed by atoms with van der Waals surface area (Å²) >= 11 is 0. The Balaban J connectivity index is 1.17. The number of unbranched alkanes of at least 4 members (excludes halogenated alkanes) is 1. The van der Waals surface area contributed by atoms with Gasteiger partial charge in [0.15, 0.2) is 11.6 Å². The number of carbonyl (C=O) groups is 4. The summed E-state index contributed by atoms with van der Waals surface area (Å²) in [6.45, 7) is 3.36. The fourth-order valence-electron chi connectivity index (χ4n) is 5.24. The molecule has 214 valence electrons. The normalized spacial score (nSPS) is 17.1. The van der Waals surface area contributed by atoms with Crippen LogP contribution in [0, 0.1) is 0 Å². The van der Waals surface area contributed by atoms with Gasteiger partial charge in [-0.05, 0) is 24.0 Å². The van der Waals surface area contributed by atoms with Crippen LogP contribution in [-0.4, -0.2) is 107 Å². The molecule has 4 amide bonds. The number of Topliss-reactive ketones (excluding diaryl/α,β-unsaturated/α-hetero) is 2. The molecule has 0 atom stereocenters. The van der Waals surface area contributed by atoms with Crippen LogP contribution in [0.5, 0.6) is 0 Å². The van der Waals surface area contributed by atoms with Gasteiger partial charge in [-0.15, -0.1) is 0 Å². The first-order chi connectivity index (χ1) is 19.3. The number of amides is 4. The molecular formula is C30H40N6O4. The highest BCUT2D eigenvalue weighted by Crippen LogP contribution is 2.15. The van der Waals surface area contributed by atoms with Gasteiger partial charge >= 0.3 is 12.1 Å². The van der Waals surface area contributed by atoms with E-state index in [1.807, 2.05) is 60.7 Å². The first kappa shape index (κ1) is 29.2. The smallest absolute Gasteiger partial charge is 0.315 e. The van der Waals surface area contributed by atoms with E-state index >= 15 is 0 Å². The maximum absolute atomic E-state index is 12.7. The van der Waals surface area contributed by atoms with Crippen molar-refractivity contribution in [1.82, 2.24) is 29.4 Å². The van der Waals surface area contributed by atoms with Gasteiger partial charge in [0.2, 0.25) is 0 Å². The molecule has 0 radical (unpaired) electrons. The lowest BCUT2D eigenvalue weighted by Crippen LogP contribution is -2.57. The molecule has 0 unspecified atom stereocenters. The molecule has 0 saturated carbocycles. The minimum atomic E-state index is -0.148. The van der Waals surface area contributed by atoms with Crippen LogP contribution in [0.2, 0.25) is 0 Å². The van der Waals surface area contributed by atoms with Crippen LogP contribution in [0.15, 0.2) is 60.7 Å². The highest BCUT2D eigenvalue weighted by Gasteiger charge is 2.30. The Bertz CT molecular complexity index is 1070. The fraction of sp³-hybridized carbons (Fsp3) is 0.467. The molecule has 0 bridgehead atoms. The van der Waals surface area contributed by atoms with Crippen molar-refractivity contribution < 1.29 is 19.2 Å². The van der Waals surface area contributed by atoms with Gasteiger partial charge < -0.3 is 19.6 Å². The van der Waals surface area contributed by atoms with Crippen molar-refractivity contribution in [2.75, 3.05) is 53.9 Å². The van der Waals surface area contributed by atoms with E-state index in [1.165, 1.54) is 0 Å². The Labute approximate surface area is 236 Å². The van der Waals surface area contributed by atoms with Crippen molar-refractivity contribution in [2.45, 2.75) is 38.8 Å². The molecule has 4 rings (SSSR count). The van der Waals surface area contributed by atoms with Gasteiger partial charge in [0.1, 0.15) is 0 Å². The monoisotopic (exact) mass is 548 g/mol. The van der Waals surface area contributed by atoms with E-state index in [9.17, 15) is 19.2 Å². The van der Waals surface area contributed by atoms with Crippen molar-refractivity contribution in [3.05, 3.63) is 71.8 Å². The topological polar surface area (TPSA) is 87.7 Å². The largest absolute Gasteiger partial charge is 0.322 e. The van der Waals surface area contributed by atoms with Gasteiger partial charge in [0, 0.05) is 40.0 Å². The van der Waals surface area contributed by atoms with Crippen LogP contribution >= 0.6 is 0 Å². The van der Waals surface area contributed by atoms with Crippen LogP contribution in [0.25, 0.3) is 0 Å². The maximum Gasteiger partial charge on any atom is 0.322 e. The number of urea groups is 2. The summed E-state index contributed by atoms with van der Waals surface area (Å²) in [5.41, 5.74) is 2.31. The number of hydrogen-bond donors (Lipinski definition) is 0. The summed E-state index contributed by atoms with van der Waals surface area (Å²) in [6, 6.07) is 19.8. The van der Waals surface area contributed by atoms with Crippen molar-refractivity contribution in [3.63, 3.8) is 0 Å². The van der Waals surface area contributed by atoms with E-state index in [4.69, 9.17) is 0 Å². The van der Waals surface area contributed by atoms with Crippen molar-refractivity contribution in [2.24, 2.45) is 0 Å². The molecule has 10 heteroatoms. The molecule has 10 nitrogen and oxygen atoms in total. The van der Waals surface area contributed by atoms with E-state index in [0.29, 0.717) is 65.4 Å². The summed E-state index contributed by atoms with van der Waals surface area (Å²) in [5, 5.41) is 0. The van der Waals surface area contributed by atoms with Crippen LogP contribution in [0.1, 0.15) is 36.8 Å². The second-order valence-corrected chi connectivity index (χ2v) is 10.8. The summed E-state index contributed by atoms with van der Waals surface area (Å²) in [6.07, 6.45) is 1.78. The number of benzene rings is 2. The van der Waals surface area contributed by atoms with Crippen molar-refractivity contribution in [3.8, 4) is 0 Å². The van der Waals surface area contributed by atoms with Crippen LogP contribution < -0.4 is 0 Å². The molecule has 2 aromatic carbocycles. The predicted molar refractivity (Wildman–Crippen MR) is 152 cm³/mol. The third-order valence-electron chi connectivity index (χ3n) is 7.15. The number of carbonyl (C=O) groups excluding carboxylic acids is 4. The minimum absolute atomic E-state index is 0.0138. The lowest BCUT2D eigenvalue weighted by Gasteiger charge is -2.40. The van der Waals surface area contributed by atoms with Gasteiger partial charge in [-0.3, -0.25) is 19.4 Å². The lowest BCUT2D eigenvalue weighted by molar-refractivity contribution is -0.122. The molecule has 40 heavy (non-hydrogen) atoms. The van der Waals surface area contributed by atoms with Crippen LogP contribution in [-0.2, 0) is 22.7 Å². The average Bonchev–Trinajstić information content (AvgIpc) is 2.93. The average molecular weight is 549 g/mol. The molecule has 0 aromatic heterocycles. The quantitative estimate of drug-likeness (QED) is 0.357. The first-order valence-electron chi connectivity index (χ1n) is 13.8. The van der Waals surface area contributed by atoms with E-state index in [0.717, 1.165) is 11.1 Å². The molecule has 2 heterocycles. The summed E-state index contributed by atoms with van der Waals surface area (Å²) in [4.78, 5) is 61.3. The number of ketones is 2. The Hall–Kier alpha value is -3.76. The zero-order chi connectivity index (χ0) is 28.5. The highest BCUT2D eigenvalue weighted by atomic mass is 16.2. The van der Waals surface area contributed by atoms with Gasteiger partial charge in [0.25, 0.3) is 0 Å². The number of nitrogens with zero attached hydrogens (tertiary/aromatic N) is 6. The Morgan fingerprint density at radius 3 is 1.35 bits per heavy atom. The number of hydrogen-bond acceptors (Lipinski definition) is 6. The fourth-order valence-corrected chi connectivity index (χ4v) is 5.24. The third kappa shape index (κ3) is 8.37. The van der Waals surface area contributed by atoms with E-state index in [2.05, 4.69) is 9.80 Å². The van der Waals surface area contributed by atoms with Crippen LogP contribution in [0.3, 0.4) is 0 Å². The number of rotatable bonds is 13. The Morgan fingerprint density at radius 1 is 0.600 bits per heavy atom. The van der Waals surface area contributed by atoms with Crippen LogP contribution in [0.4, 0.5) is 9.59 Å². The van der Waals surface area contributed by atoms with E-state index < -0.39 is 0 Å². The molecule has 2 aliphatic heterocycles. The summed E-state index contributed by atoms with van der Waals surface area (Å²) in [7, 11) is 3.49.